The van der Waals surface area contributed by atoms with E-state index in [1.54, 1.807) is 0 Å². The molecule has 3 rings (SSSR count). The molecule has 2 heterocycles. The molecule has 1 aromatic carbocycles. The first-order valence-corrected chi connectivity index (χ1v) is 7.96. The SMILES string of the molecule is Cc1ccc(CC(=O)N2CCC(c3ccccc3)CC2)cn1. The quantitative estimate of drug-likeness (QED) is 0.870. The lowest BCUT2D eigenvalue weighted by Crippen LogP contribution is -2.38. The summed E-state index contributed by atoms with van der Waals surface area (Å²) in [6.07, 6.45) is 4.39. The van der Waals surface area contributed by atoms with Crippen molar-refractivity contribution in [1.29, 1.82) is 0 Å². The third-order valence-electron chi connectivity index (χ3n) is 4.45. The molecule has 1 aromatic heterocycles. The van der Waals surface area contributed by atoms with Crippen molar-refractivity contribution in [2.75, 3.05) is 13.1 Å². The maximum atomic E-state index is 12.4. The van der Waals surface area contributed by atoms with Gasteiger partial charge < -0.3 is 4.90 Å². The Bertz CT molecular complexity index is 614. The molecule has 3 heteroatoms. The summed E-state index contributed by atoms with van der Waals surface area (Å²) in [6, 6.07) is 14.6. The van der Waals surface area contributed by atoms with Crippen molar-refractivity contribution in [3.63, 3.8) is 0 Å². The van der Waals surface area contributed by atoms with Crippen LogP contribution in [0.25, 0.3) is 0 Å². The second-order valence-corrected chi connectivity index (χ2v) is 6.05. The van der Waals surface area contributed by atoms with Crippen molar-refractivity contribution < 1.29 is 4.79 Å². The Morgan fingerprint density at radius 2 is 1.86 bits per heavy atom. The number of pyridine rings is 1. The summed E-state index contributed by atoms with van der Waals surface area (Å²) < 4.78 is 0. The Morgan fingerprint density at radius 1 is 1.14 bits per heavy atom. The standard InChI is InChI=1S/C19H22N2O/c1-15-7-8-16(14-20-15)13-19(22)21-11-9-18(10-12-21)17-5-3-2-4-6-17/h2-8,14,18H,9-13H2,1H3. The van der Waals surface area contributed by atoms with Gasteiger partial charge in [0, 0.05) is 25.0 Å². The number of aryl methyl sites for hydroxylation is 1. The topological polar surface area (TPSA) is 33.2 Å². The summed E-state index contributed by atoms with van der Waals surface area (Å²) in [6.45, 7) is 3.68. The molecule has 1 amide bonds. The van der Waals surface area contributed by atoms with Crippen LogP contribution in [0.4, 0.5) is 0 Å². The highest BCUT2D eigenvalue weighted by molar-refractivity contribution is 5.78. The molecule has 0 radical (unpaired) electrons. The Balaban J connectivity index is 1.54. The summed E-state index contributed by atoms with van der Waals surface area (Å²) in [5, 5.41) is 0. The number of rotatable bonds is 3. The zero-order valence-electron chi connectivity index (χ0n) is 13.0. The lowest BCUT2D eigenvalue weighted by atomic mass is 9.89. The number of hydrogen-bond acceptors (Lipinski definition) is 2. The lowest BCUT2D eigenvalue weighted by Gasteiger charge is -2.32. The minimum Gasteiger partial charge on any atom is -0.342 e. The Hall–Kier alpha value is -2.16. The molecule has 1 aliphatic rings. The largest absolute Gasteiger partial charge is 0.342 e. The van der Waals surface area contributed by atoms with Crippen molar-refractivity contribution in [2.45, 2.75) is 32.1 Å². The zero-order valence-corrected chi connectivity index (χ0v) is 13.0. The molecule has 2 aromatic rings. The second kappa shape index (κ2) is 6.73. The van der Waals surface area contributed by atoms with Crippen LogP contribution in [0, 0.1) is 6.92 Å². The normalized spacial score (nSPS) is 15.8. The maximum absolute atomic E-state index is 12.4. The van der Waals surface area contributed by atoms with E-state index >= 15 is 0 Å². The van der Waals surface area contributed by atoms with E-state index in [-0.39, 0.29) is 5.91 Å². The molecule has 0 aliphatic carbocycles. The van der Waals surface area contributed by atoms with Crippen LogP contribution in [0.1, 0.15) is 35.6 Å². The summed E-state index contributed by atoms with van der Waals surface area (Å²) in [5.74, 6) is 0.809. The molecule has 1 saturated heterocycles. The van der Waals surface area contributed by atoms with Gasteiger partial charge in [-0.2, -0.15) is 0 Å². The van der Waals surface area contributed by atoms with Crippen molar-refractivity contribution in [3.8, 4) is 0 Å². The molecule has 0 saturated carbocycles. The van der Waals surface area contributed by atoms with Gasteiger partial charge >= 0.3 is 0 Å². The van der Waals surface area contributed by atoms with E-state index in [2.05, 4.69) is 35.3 Å². The molecule has 22 heavy (non-hydrogen) atoms. The first kappa shape index (κ1) is 14.8. The molecule has 114 valence electrons. The van der Waals surface area contributed by atoms with Gasteiger partial charge in [-0.25, -0.2) is 0 Å². The Labute approximate surface area is 132 Å². The molecule has 0 atom stereocenters. The Kier molecular flexibility index (Phi) is 4.52. The van der Waals surface area contributed by atoms with Crippen LogP contribution >= 0.6 is 0 Å². The monoisotopic (exact) mass is 294 g/mol. The van der Waals surface area contributed by atoms with Gasteiger partial charge in [0.25, 0.3) is 0 Å². The smallest absolute Gasteiger partial charge is 0.227 e. The number of nitrogens with zero attached hydrogens (tertiary/aromatic N) is 2. The van der Waals surface area contributed by atoms with Gasteiger partial charge in [-0.05, 0) is 42.9 Å². The average molecular weight is 294 g/mol. The van der Waals surface area contributed by atoms with E-state index in [1.807, 2.05) is 30.2 Å². The first-order valence-electron chi connectivity index (χ1n) is 7.96. The van der Waals surface area contributed by atoms with Crippen LogP contribution in [0.3, 0.4) is 0 Å². The number of amides is 1. The van der Waals surface area contributed by atoms with E-state index < -0.39 is 0 Å². The predicted octanol–water partition coefficient (Wildman–Crippen LogP) is 3.34. The number of benzene rings is 1. The maximum Gasteiger partial charge on any atom is 0.227 e. The van der Waals surface area contributed by atoms with Gasteiger partial charge in [-0.3, -0.25) is 9.78 Å². The van der Waals surface area contributed by atoms with Crippen LogP contribution in [-0.2, 0) is 11.2 Å². The fourth-order valence-electron chi connectivity index (χ4n) is 3.08. The molecule has 1 aliphatic heterocycles. The van der Waals surface area contributed by atoms with Crippen LogP contribution in [0.15, 0.2) is 48.7 Å². The summed E-state index contributed by atoms with van der Waals surface area (Å²) >= 11 is 0. The van der Waals surface area contributed by atoms with E-state index in [0.717, 1.165) is 37.2 Å². The molecule has 0 N–H and O–H groups in total. The van der Waals surface area contributed by atoms with Crippen LogP contribution in [0.5, 0.6) is 0 Å². The highest BCUT2D eigenvalue weighted by Crippen LogP contribution is 2.27. The van der Waals surface area contributed by atoms with Crippen molar-refractivity contribution in [1.82, 2.24) is 9.88 Å². The number of aromatic nitrogens is 1. The van der Waals surface area contributed by atoms with Crippen molar-refractivity contribution in [2.24, 2.45) is 0 Å². The first-order chi connectivity index (χ1) is 10.7. The van der Waals surface area contributed by atoms with E-state index in [4.69, 9.17) is 0 Å². The van der Waals surface area contributed by atoms with Crippen molar-refractivity contribution >= 4 is 5.91 Å². The van der Waals surface area contributed by atoms with Gasteiger partial charge in [0.05, 0.1) is 6.42 Å². The third kappa shape index (κ3) is 3.53. The van der Waals surface area contributed by atoms with Crippen molar-refractivity contribution in [3.05, 3.63) is 65.5 Å². The second-order valence-electron chi connectivity index (χ2n) is 6.05. The number of carbonyl (C=O) groups excluding carboxylic acids is 1. The fraction of sp³-hybridized carbons (Fsp3) is 0.368. The molecule has 0 unspecified atom stereocenters. The van der Waals surface area contributed by atoms with E-state index in [9.17, 15) is 4.79 Å². The van der Waals surface area contributed by atoms with E-state index in [0.29, 0.717) is 12.3 Å². The summed E-state index contributed by atoms with van der Waals surface area (Å²) in [7, 11) is 0. The number of hydrogen-bond donors (Lipinski definition) is 0. The number of piperidine rings is 1. The third-order valence-corrected chi connectivity index (χ3v) is 4.45. The molecule has 3 nitrogen and oxygen atoms in total. The number of carbonyl (C=O) groups is 1. The minimum atomic E-state index is 0.220. The highest BCUT2D eigenvalue weighted by Gasteiger charge is 2.23. The van der Waals surface area contributed by atoms with Crippen LogP contribution in [-0.4, -0.2) is 28.9 Å². The molecule has 0 bridgehead atoms. The van der Waals surface area contributed by atoms with Gasteiger partial charge in [-0.15, -0.1) is 0 Å². The molecular formula is C19H22N2O. The molecule has 0 spiro atoms. The van der Waals surface area contributed by atoms with Gasteiger partial charge in [-0.1, -0.05) is 36.4 Å². The Morgan fingerprint density at radius 3 is 2.50 bits per heavy atom. The molecular weight excluding hydrogens is 272 g/mol. The average Bonchev–Trinajstić information content (AvgIpc) is 2.58. The highest BCUT2D eigenvalue weighted by atomic mass is 16.2. The van der Waals surface area contributed by atoms with E-state index in [1.165, 1.54) is 5.56 Å². The molecule has 1 fully saturated rings. The van der Waals surface area contributed by atoms with Gasteiger partial charge in [0.1, 0.15) is 0 Å². The summed E-state index contributed by atoms with van der Waals surface area (Å²) in [4.78, 5) is 18.7. The van der Waals surface area contributed by atoms with Gasteiger partial charge in [0.15, 0.2) is 0 Å². The van der Waals surface area contributed by atoms with Gasteiger partial charge in [0.2, 0.25) is 5.91 Å². The number of likely N-dealkylation sites (tertiary alicyclic amines) is 1. The minimum absolute atomic E-state index is 0.220. The van der Waals surface area contributed by atoms with Crippen LogP contribution < -0.4 is 0 Å². The van der Waals surface area contributed by atoms with Crippen LogP contribution in [0.2, 0.25) is 0 Å². The fourth-order valence-corrected chi connectivity index (χ4v) is 3.08. The lowest BCUT2D eigenvalue weighted by molar-refractivity contribution is -0.131. The summed E-state index contributed by atoms with van der Waals surface area (Å²) in [5.41, 5.74) is 3.39. The predicted molar refractivity (Wildman–Crippen MR) is 87.7 cm³/mol. The zero-order chi connectivity index (χ0) is 15.4.